The van der Waals surface area contributed by atoms with E-state index in [1.54, 1.807) is 30.3 Å². The van der Waals surface area contributed by atoms with Crippen LogP contribution in [0.4, 0.5) is 5.69 Å². The van der Waals surface area contributed by atoms with Crippen LogP contribution in [0.3, 0.4) is 0 Å². The topological polar surface area (TPSA) is 76.3 Å². The summed E-state index contributed by atoms with van der Waals surface area (Å²) >= 11 is 0. The molecular formula is C22H26N6O2. The molecule has 1 aliphatic heterocycles. The molecule has 0 bridgehead atoms. The summed E-state index contributed by atoms with van der Waals surface area (Å²) in [6.45, 7) is 2.79. The largest absolute Gasteiger partial charge is 0.368 e. The van der Waals surface area contributed by atoms with E-state index in [2.05, 4.69) is 15.0 Å². The number of anilines is 1. The number of aryl methyl sites for hydroxylation is 1. The number of amides is 1. The SMILES string of the molecule is Cn1nccc1C(=O)N1CCN(c2ccc3c(=O)n(C4CCCC4)cnc3c2)CC1. The number of piperazine rings is 1. The Bertz CT molecular complexity index is 1140. The van der Waals surface area contributed by atoms with E-state index in [1.165, 1.54) is 12.8 Å². The molecule has 2 fully saturated rings. The van der Waals surface area contributed by atoms with Crippen molar-refractivity contribution in [3.8, 4) is 0 Å². The molecule has 1 aromatic carbocycles. The lowest BCUT2D eigenvalue weighted by Gasteiger charge is -2.36. The zero-order valence-corrected chi connectivity index (χ0v) is 17.2. The van der Waals surface area contributed by atoms with Crippen LogP contribution in [0.25, 0.3) is 10.9 Å². The Hall–Kier alpha value is -3.16. The molecule has 156 valence electrons. The summed E-state index contributed by atoms with van der Waals surface area (Å²) in [7, 11) is 1.78. The maximum absolute atomic E-state index is 12.9. The lowest BCUT2D eigenvalue weighted by Crippen LogP contribution is -2.49. The lowest BCUT2D eigenvalue weighted by atomic mass is 10.1. The monoisotopic (exact) mass is 406 g/mol. The molecule has 2 aliphatic rings. The lowest BCUT2D eigenvalue weighted by molar-refractivity contribution is 0.0735. The molecule has 3 heterocycles. The molecule has 30 heavy (non-hydrogen) atoms. The predicted octanol–water partition coefficient (Wildman–Crippen LogP) is 2.21. The number of nitrogens with zero attached hydrogens (tertiary/aromatic N) is 6. The molecule has 1 saturated carbocycles. The minimum Gasteiger partial charge on any atom is -0.368 e. The van der Waals surface area contributed by atoms with Crippen molar-refractivity contribution in [2.24, 2.45) is 7.05 Å². The fourth-order valence-corrected chi connectivity index (χ4v) is 4.68. The Kier molecular flexibility index (Phi) is 4.77. The van der Waals surface area contributed by atoms with E-state index in [0.29, 0.717) is 30.2 Å². The van der Waals surface area contributed by atoms with Crippen LogP contribution < -0.4 is 10.5 Å². The van der Waals surface area contributed by atoms with Gasteiger partial charge in [-0.05, 0) is 37.1 Å². The highest BCUT2D eigenvalue weighted by Crippen LogP contribution is 2.28. The molecule has 0 radical (unpaired) electrons. The van der Waals surface area contributed by atoms with E-state index in [9.17, 15) is 9.59 Å². The van der Waals surface area contributed by atoms with E-state index < -0.39 is 0 Å². The Labute approximate surface area is 174 Å². The number of rotatable bonds is 3. The number of aromatic nitrogens is 4. The van der Waals surface area contributed by atoms with E-state index in [-0.39, 0.29) is 11.5 Å². The van der Waals surface area contributed by atoms with Crippen molar-refractivity contribution >= 4 is 22.5 Å². The van der Waals surface area contributed by atoms with Crippen LogP contribution in [0.15, 0.2) is 41.6 Å². The standard InChI is InChI=1S/C22H26N6O2/c1-25-20(8-9-24-25)22(30)27-12-10-26(11-13-27)17-6-7-18-19(14-17)23-15-28(21(18)29)16-4-2-3-5-16/h6-9,14-16H,2-5,10-13H2,1H3. The fourth-order valence-electron chi connectivity index (χ4n) is 4.68. The average molecular weight is 406 g/mol. The van der Waals surface area contributed by atoms with Gasteiger partial charge in [-0.1, -0.05) is 12.8 Å². The van der Waals surface area contributed by atoms with Crippen LogP contribution in [-0.2, 0) is 7.05 Å². The summed E-state index contributed by atoms with van der Waals surface area (Å²) < 4.78 is 3.43. The van der Waals surface area contributed by atoms with E-state index >= 15 is 0 Å². The second kappa shape index (κ2) is 7.59. The van der Waals surface area contributed by atoms with Gasteiger partial charge in [-0.2, -0.15) is 5.10 Å². The molecule has 5 rings (SSSR count). The minimum absolute atomic E-state index is 0.0160. The predicted molar refractivity (Wildman–Crippen MR) is 115 cm³/mol. The van der Waals surface area contributed by atoms with Crippen molar-refractivity contribution in [1.29, 1.82) is 0 Å². The van der Waals surface area contributed by atoms with E-state index in [1.807, 2.05) is 27.7 Å². The van der Waals surface area contributed by atoms with Crippen molar-refractivity contribution < 1.29 is 4.79 Å². The summed E-state index contributed by atoms with van der Waals surface area (Å²) in [5.74, 6) is 0.0160. The quantitative estimate of drug-likeness (QED) is 0.667. The van der Waals surface area contributed by atoms with Gasteiger partial charge in [0.05, 0.1) is 17.2 Å². The van der Waals surface area contributed by atoms with Crippen molar-refractivity contribution in [3.63, 3.8) is 0 Å². The Balaban J connectivity index is 1.32. The highest BCUT2D eigenvalue weighted by molar-refractivity contribution is 5.92. The molecule has 0 unspecified atom stereocenters. The fraction of sp³-hybridized carbons (Fsp3) is 0.455. The molecule has 2 aromatic heterocycles. The second-order valence-electron chi connectivity index (χ2n) is 8.22. The summed E-state index contributed by atoms with van der Waals surface area (Å²) in [5, 5.41) is 4.77. The molecule has 3 aromatic rings. The van der Waals surface area contributed by atoms with Crippen LogP contribution in [0.5, 0.6) is 0 Å². The average Bonchev–Trinajstić information content (AvgIpc) is 3.45. The molecule has 0 spiro atoms. The molecule has 0 N–H and O–H groups in total. The van der Waals surface area contributed by atoms with Gasteiger partial charge < -0.3 is 9.80 Å². The van der Waals surface area contributed by atoms with Gasteiger partial charge in [0.25, 0.3) is 11.5 Å². The Morgan fingerprint density at radius 1 is 1.07 bits per heavy atom. The first-order valence-electron chi connectivity index (χ1n) is 10.6. The third kappa shape index (κ3) is 3.26. The molecular weight excluding hydrogens is 380 g/mol. The molecule has 8 nitrogen and oxygen atoms in total. The number of benzene rings is 1. The first-order valence-corrected chi connectivity index (χ1v) is 10.6. The maximum atomic E-state index is 12.9. The zero-order valence-electron chi connectivity index (χ0n) is 17.2. The molecule has 1 amide bonds. The first kappa shape index (κ1) is 18.8. The second-order valence-corrected chi connectivity index (χ2v) is 8.22. The van der Waals surface area contributed by atoms with Gasteiger partial charge in [0.15, 0.2) is 0 Å². The third-order valence-corrected chi connectivity index (χ3v) is 6.46. The number of hydrogen-bond donors (Lipinski definition) is 0. The Morgan fingerprint density at radius 2 is 1.83 bits per heavy atom. The maximum Gasteiger partial charge on any atom is 0.272 e. The first-order chi connectivity index (χ1) is 14.6. The molecule has 1 saturated heterocycles. The van der Waals surface area contributed by atoms with Crippen LogP contribution in [0.1, 0.15) is 42.2 Å². The third-order valence-electron chi connectivity index (χ3n) is 6.46. The van der Waals surface area contributed by atoms with Crippen molar-refractivity contribution in [1.82, 2.24) is 24.2 Å². The van der Waals surface area contributed by atoms with E-state index in [0.717, 1.165) is 37.1 Å². The number of carbonyl (C=O) groups excluding carboxylic acids is 1. The smallest absolute Gasteiger partial charge is 0.272 e. The van der Waals surface area contributed by atoms with E-state index in [4.69, 9.17) is 0 Å². The van der Waals surface area contributed by atoms with Gasteiger partial charge in [0.2, 0.25) is 0 Å². The molecule has 8 heteroatoms. The molecule has 0 atom stereocenters. The van der Waals surface area contributed by atoms with Gasteiger partial charge in [0.1, 0.15) is 5.69 Å². The number of carbonyl (C=O) groups is 1. The summed E-state index contributed by atoms with van der Waals surface area (Å²) in [4.78, 5) is 34.3. The van der Waals surface area contributed by atoms with Crippen LogP contribution >= 0.6 is 0 Å². The van der Waals surface area contributed by atoms with Crippen molar-refractivity contribution in [2.75, 3.05) is 31.1 Å². The van der Waals surface area contributed by atoms with Crippen molar-refractivity contribution in [3.05, 3.63) is 52.8 Å². The number of fused-ring (bicyclic) bond motifs is 1. The summed E-state index contributed by atoms with van der Waals surface area (Å²) in [6.07, 6.45) is 7.85. The van der Waals surface area contributed by atoms with Crippen molar-refractivity contribution in [2.45, 2.75) is 31.7 Å². The Morgan fingerprint density at radius 3 is 2.53 bits per heavy atom. The summed E-state index contributed by atoms with van der Waals surface area (Å²) in [6, 6.07) is 7.94. The van der Waals surface area contributed by atoms with Gasteiger partial charge in [-0.15, -0.1) is 0 Å². The van der Waals surface area contributed by atoms with Crippen LogP contribution in [0.2, 0.25) is 0 Å². The van der Waals surface area contributed by atoms with Crippen LogP contribution in [-0.4, -0.2) is 56.3 Å². The van der Waals surface area contributed by atoms with Gasteiger partial charge in [0, 0.05) is 51.2 Å². The molecule has 1 aliphatic carbocycles. The summed E-state index contributed by atoms with van der Waals surface area (Å²) in [5.41, 5.74) is 2.45. The number of hydrogen-bond acceptors (Lipinski definition) is 5. The highest BCUT2D eigenvalue weighted by Gasteiger charge is 2.24. The minimum atomic E-state index is 0.0160. The normalized spacial score (nSPS) is 17.8. The highest BCUT2D eigenvalue weighted by atomic mass is 16.2. The van der Waals surface area contributed by atoms with Gasteiger partial charge in [-0.25, -0.2) is 4.98 Å². The zero-order chi connectivity index (χ0) is 20.7. The van der Waals surface area contributed by atoms with Gasteiger partial charge in [-0.3, -0.25) is 18.8 Å². The van der Waals surface area contributed by atoms with Crippen LogP contribution in [0, 0.1) is 0 Å². The van der Waals surface area contributed by atoms with Gasteiger partial charge >= 0.3 is 0 Å².